The molecule has 10 heteroatoms. The number of nitrogens with zero attached hydrogens (tertiary/aromatic N) is 5. The van der Waals surface area contributed by atoms with Gasteiger partial charge >= 0.3 is 0 Å². The van der Waals surface area contributed by atoms with Crippen molar-refractivity contribution in [1.82, 2.24) is 29.8 Å². The second-order valence-electron chi connectivity index (χ2n) is 9.93. The molecule has 2 N–H and O–H groups in total. The van der Waals surface area contributed by atoms with Gasteiger partial charge in [0, 0.05) is 42.3 Å². The van der Waals surface area contributed by atoms with Crippen molar-refractivity contribution in [3.05, 3.63) is 29.5 Å². The lowest BCUT2D eigenvalue weighted by Gasteiger charge is -2.36. The number of carbonyl (C=O) groups excluding carboxylic acids is 2. The second-order valence-corrected chi connectivity index (χ2v) is 10.8. The van der Waals surface area contributed by atoms with Gasteiger partial charge in [0.1, 0.15) is 16.3 Å². The van der Waals surface area contributed by atoms with Gasteiger partial charge in [0.05, 0.1) is 11.8 Å². The average Bonchev–Trinajstić information content (AvgIpc) is 3.75. The summed E-state index contributed by atoms with van der Waals surface area (Å²) in [7, 11) is 0. The second kappa shape index (κ2) is 8.33. The number of rotatable bonds is 8. The first-order valence-corrected chi connectivity index (χ1v) is 13.0. The van der Waals surface area contributed by atoms with Gasteiger partial charge in [-0.15, -0.1) is 11.3 Å². The van der Waals surface area contributed by atoms with Crippen LogP contribution in [0.25, 0.3) is 16.2 Å². The molecule has 0 aromatic carbocycles. The number of likely N-dealkylation sites (tertiary alicyclic amines) is 1. The molecule has 9 nitrogen and oxygen atoms in total. The highest BCUT2D eigenvalue weighted by atomic mass is 32.1. The number of thiazole rings is 1. The van der Waals surface area contributed by atoms with E-state index in [4.69, 9.17) is 9.97 Å². The first-order chi connectivity index (χ1) is 16.6. The fraction of sp³-hybridized carbons (Fsp3) is 0.542. The zero-order valence-electron chi connectivity index (χ0n) is 19.2. The number of nitrogens with one attached hydrogen (secondary N) is 2. The first-order valence-electron chi connectivity index (χ1n) is 12.1. The maximum Gasteiger partial charge on any atom is 0.272 e. The Morgan fingerprint density at radius 1 is 1.24 bits per heavy atom. The van der Waals surface area contributed by atoms with E-state index in [1.54, 1.807) is 23.6 Å². The molecular weight excluding hydrogens is 450 g/mol. The molecule has 178 valence electrons. The van der Waals surface area contributed by atoms with Gasteiger partial charge in [-0.05, 0) is 57.3 Å². The van der Waals surface area contributed by atoms with Crippen molar-refractivity contribution in [3.8, 4) is 11.4 Å². The number of amides is 2. The molecule has 0 unspecified atom stereocenters. The normalized spacial score (nSPS) is 20.8. The van der Waals surface area contributed by atoms with E-state index in [0.717, 1.165) is 42.5 Å². The van der Waals surface area contributed by atoms with Crippen LogP contribution in [0.4, 0.5) is 5.82 Å². The minimum absolute atomic E-state index is 0.0382. The molecule has 0 radical (unpaired) electrons. The molecule has 0 bridgehead atoms. The quantitative estimate of drug-likeness (QED) is 0.481. The van der Waals surface area contributed by atoms with Gasteiger partial charge in [-0.2, -0.15) is 5.10 Å². The van der Waals surface area contributed by atoms with E-state index in [-0.39, 0.29) is 11.4 Å². The van der Waals surface area contributed by atoms with Crippen LogP contribution in [0.15, 0.2) is 23.8 Å². The molecule has 3 aromatic rings. The highest BCUT2D eigenvalue weighted by molar-refractivity contribution is 7.16. The van der Waals surface area contributed by atoms with Gasteiger partial charge in [-0.1, -0.05) is 0 Å². The molecule has 3 aromatic heterocycles. The molecule has 1 aliphatic heterocycles. The largest absolute Gasteiger partial charge is 0.367 e. The Bertz CT molecular complexity index is 1220. The van der Waals surface area contributed by atoms with Crippen LogP contribution in [-0.2, 0) is 4.79 Å². The lowest BCUT2D eigenvalue weighted by molar-refractivity contribution is -0.110. The van der Waals surface area contributed by atoms with Gasteiger partial charge in [0.25, 0.3) is 5.91 Å². The van der Waals surface area contributed by atoms with E-state index >= 15 is 0 Å². The topological polar surface area (TPSA) is 105 Å². The number of hydrogen-bond donors (Lipinski definition) is 2. The number of piperidine rings is 1. The summed E-state index contributed by atoms with van der Waals surface area (Å²) in [5, 5.41) is 12.9. The third-order valence-corrected chi connectivity index (χ3v) is 8.61. The van der Waals surface area contributed by atoms with Crippen molar-refractivity contribution >= 4 is 34.3 Å². The van der Waals surface area contributed by atoms with E-state index in [1.807, 2.05) is 21.0 Å². The van der Waals surface area contributed by atoms with Crippen molar-refractivity contribution in [2.24, 2.45) is 11.8 Å². The predicted octanol–water partition coefficient (Wildman–Crippen LogP) is 3.19. The zero-order valence-corrected chi connectivity index (χ0v) is 20.1. The van der Waals surface area contributed by atoms with Crippen LogP contribution >= 0.6 is 11.3 Å². The van der Waals surface area contributed by atoms with Gasteiger partial charge in [0.15, 0.2) is 5.82 Å². The third kappa shape index (κ3) is 3.93. The van der Waals surface area contributed by atoms with Crippen molar-refractivity contribution in [3.63, 3.8) is 0 Å². The van der Waals surface area contributed by atoms with Crippen LogP contribution < -0.4 is 10.6 Å². The number of anilines is 1. The maximum absolute atomic E-state index is 13.5. The van der Waals surface area contributed by atoms with Crippen molar-refractivity contribution in [1.29, 1.82) is 0 Å². The standard InChI is InChI=1S/C24H29N7O2S/c1-15(16-2-3-16)27-20-12-19(28-21(29-20)18-13-26-31-10-11-34-23(18)31)22(33)30-8-4-17(5-9-30)24(6-7-24)25-14-32/h10-17H,2-9H2,1H3,(H,25,32)(H,27,28,29)/t15-/m0/s1. The molecule has 0 spiro atoms. The lowest BCUT2D eigenvalue weighted by Crippen LogP contribution is -2.46. The molecule has 1 atom stereocenters. The summed E-state index contributed by atoms with van der Waals surface area (Å²) >= 11 is 1.58. The highest BCUT2D eigenvalue weighted by Crippen LogP contribution is 2.46. The van der Waals surface area contributed by atoms with E-state index in [1.165, 1.54) is 12.8 Å². The van der Waals surface area contributed by atoms with E-state index in [2.05, 4.69) is 22.7 Å². The minimum atomic E-state index is -0.0630. The van der Waals surface area contributed by atoms with E-state index in [0.29, 0.717) is 48.3 Å². The van der Waals surface area contributed by atoms with Gasteiger partial charge in [0.2, 0.25) is 6.41 Å². The Balaban J connectivity index is 1.26. The summed E-state index contributed by atoms with van der Waals surface area (Å²) in [4.78, 5) is 36.9. The lowest BCUT2D eigenvalue weighted by atomic mass is 9.87. The Kier molecular flexibility index (Phi) is 5.28. The molecule has 6 rings (SSSR count). The van der Waals surface area contributed by atoms with E-state index in [9.17, 15) is 9.59 Å². The summed E-state index contributed by atoms with van der Waals surface area (Å²) in [5.74, 6) is 2.23. The molecule has 2 saturated carbocycles. The Labute approximate surface area is 202 Å². The number of fused-ring (bicyclic) bond motifs is 1. The molecule has 3 fully saturated rings. The molecule has 1 saturated heterocycles. The summed E-state index contributed by atoms with van der Waals surface area (Å²) in [5.41, 5.74) is 1.21. The monoisotopic (exact) mass is 479 g/mol. The van der Waals surface area contributed by atoms with Crippen molar-refractivity contribution in [2.45, 2.75) is 57.0 Å². The Hall–Kier alpha value is -3.01. The fourth-order valence-electron chi connectivity index (χ4n) is 5.30. The minimum Gasteiger partial charge on any atom is -0.367 e. The molecular formula is C24H29N7O2S. The zero-order chi connectivity index (χ0) is 23.3. The smallest absolute Gasteiger partial charge is 0.272 e. The van der Waals surface area contributed by atoms with Crippen LogP contribution in [0.2, 0.25) is 0 Å². The number of hydrogen-bond acceptors (Lipinski definition) is 7. The van der Waals surface area contributed by atoms with Crippen molar-refractivity contribution in [2.75, 3.05) is 18.4 Å². The number of carbonyl (C=O) groups is 2. The van der Waals surface area contributed by atoms with Crippen LogP contribution in [-0.4, -0.2) is 61.5 Å². The highest BCUT2D eigenvalue weighted by Gasteiger charge is 2.49. The average molecular weight is 480 g/mol. The summed E-state index contributed by atoms with van der Waals surface area (Å²) in [6.07, 6.45) is 10.8. The Morgan fingerprint density at radius 3 is 2.74 bits per heavy atom. The van der Waals surface area contributed by atoms with Crippen LogP contribution in [0.1, 0.15) is 55.9 Å². The Morgan fingerprint density at radius 2 is 2.03 bits per heavy atom. The molecule has 3 aliphatic rings. The van der Waals surface area contributed by atoms with Gasteiger partial charge in [-0.3, -0.25) is 9.59 Å². The third-order valence-electron chi connectivity index (χ3n) is 7.72. The molecule has 4 heterocycles. The molecule has 2 aliphatic carbocycles. The summed E-state index contributed by atoms with van der Waals surface area (Å²) < 4.78 is 1.81. The summed E-state index contributed by atoms with van der Waals surface area (Å²) in [6, 6.07) is 2.10. The van der Waals surface area contributed by atoms with Crippen molar-refractivity contribution < 1.29 is 9.59 Å². The van der Waals surface area contributed by atoms with Gasteiger partial charge in [-0.25, -0.2) is 14.5 Å². The fourth-order valence-corrected chi connectivity index (χ4v) is 6.09. The van der Waals surface area contributed by atoms with Crippen LogP contribution in [0.3, 0.4) is 0 Å². The van der Waals surface area contributed by atoms with Crippen LogP contribution in [0.5, 0.6) is 0 Å². The summed E-state index contributed by atoms with van der Waals surface area (Å²) in [6.45, 7) is 3.52. The van der Waals surface area contributed by atoms with E-state index < -0.39 is 0 Å². The SMILES string of the molecule is C[C@H](Nc1cc(C(=O)N2CCC(C3(NC=O)CC3)CC2)nc(-c2cnn3ccsc23)n1)C1CC1. The maximum atomic E-state index is 13.5. The number of aromatic nitrogens is 4. The molecule has 34 heavy (non-hydrogen) atoms. The first kappa shape index (κ1) is 21.5. The van der Waals surface area contributed by atoms with Gasteiger partial charge < -0.3 is 15.5 Å². The predicted molar refractivity (Wildman–Crippen MR) is 130 cm³/mol. The van der Waals surface area contributed by atoms with Crippen LogP contribution in [0, 0.1) is 11.8 Å². The molecule has 2 amide bonds.